The van der Waals surface area contributed by atoms with E-state index in [0.717, 1.165) is 5.82 Å². The van der Waals surface area contributed by atoms with E-state index >= 15 is 0 Å². The lowest BCUT2D eigenvalue weighted by molar-refractivity contribution is 0.474. The fourth-order valence-electron chi connectivity index (χ4n) is 2.35. The van der Waals surface area contributed by atoms with Crippen LogP contribution in [0.3, 0.4) is 0 Å². The van der Waals surface area contributed by atoms with Gasteiger partial charge in [-0.15, -0.1) is 0 Å². The molecule has 0 amide bonds. The molecule has 6 nitrogen and oxygen atoms in total. The molecular formula is C11H20N6S. The zero-order valence-electron chi connectivity index (χ0n) is 10.5. The number of aromatic nitrogens is 2. The van der Waals surface area contributed by atoms with E-state index in [1.54, 1.807) is 6.07 Å². The standard InChI is InChI=1S/C11H20N6S/c1-18-8-5-3-2-4-7(8)14-9-6-10(17-13)16-11(12)15-9/h6-8H,2-5,13H2,1H3,(H4,12,14,15,16,17). The minimum atomic E-state index is 0.226. The molecule has 1 aromatic heterocycles. The molecule has 0 radical (unpaired) electrons. The zero-order chi connectivity index (χ0) is 13.0. The fourth-order valence-corrected chi connectivity index (χ4v) is 3.28. The molecule has 100 valence electrons. The largest absolute Gasteiger partial charge is 0.368 e. The van der Waals surface area contributed by atoms with Crippen molar-refractivity contribution < 1.29 is 0 Å². The molecule has 0 spiro atoms. The van der Waals surface area contributed by atoms with Crippen molar-refractivity contribution in [1.82, 2.24) is 9.97 Å². The minimum Gasteiger partial charge on any atom is -0.368 e. The molecule has 0 bridgehead atoms. The smallest absolute Gasteiger partial charge is 0.223 e. The molecule has 1 saturated carbocycles. The van der Waals surface area contributed by atoms with Crippen LogP contribution in [0.4, 0.5) is 17.6 Å². The monoisotopic (exact) mass is 268 g/mol. The van der Waals surface area contributed by atoms with Gasteiger partial charge in [0, 0.05) is 17.4 Å². The normalized spacial score (nSPS) is 23.7. The molecule has 1 aliphatic rings. The van der Waals surface area contributed by atoms with Gasteiger partial charge in [-0.25, -0.2) is 5.84 Å². The van der Waals surface area contributed by atoms with Gasteiger partial charge in [-0.05, 0) is 19.1 Å². The molecule has 2 unspecified atom stereocenters. The van der Waals surface area contributed by atoms with E-state index in [4.69, 9.17) is 11.6 Å². The van der Waals surface area contributed by atoms with Gasteiger partial charge in [0.25, 0.3) is 0 Å². The van der Waals surface area contributed by atoms with Crippen molar-refractivity contribution >= 4 is 29.3 Å². The summed E-state index contributed by atoms with van der Waals surface area (Å²) in [6.07, 6.45) is 7.15. The first kappa shape index (κ1) is 13.2. The fraction of sp³-hybridized carbons (Fsp3) is 0.636. The molecule has 2 atom stereocenters. The highest BCUT2D eigenvalue weighted by molar-refractivity contribution is 7.99. The van der Waals surface area contributed by atoms with Gasteiger partial charge in [0.15, 0.2) is 0 Å². The van der Waals surface area contributed by atoms with E-state index in [1.807, 2.05) is 11.8 Å². The van der Waals surface area contributed by atoms with Crippen LogP contribution in [0.2, 0.25) is 0 Å². The van der Waals surface area contributed by atoms with E-state index in [2.05, 4.69) is 27.0 Å². The third kappa shape index (κ3) is 3.17. The van der Waals surface area contributed by atoms with Crippen molar-refractivity contribution in [3.8, 4) is 0 Å². The molecule has 1 heterocycles. The van der Waals surface area contributed by atoms with Gasteiger partial charge in [-0.1, -0.05) is 12.8 Å². The zero-order valence-corrected chi connectivity index (χ0v) is 11.3. The lowest BCUT2D eigenvalue weighted by atomic mass is 9.95. The van der Waals surface area contributed by atoms with Crippen LogP contribution < -0.4 is 22.3 Å². The van der Waals surface area contributed by atoms with Crippen LogP contribution in [0.15, 0.2) is 6.07 Å². The Morgan fingerprint density at radius 3 is 2.72 bits per heavy atom. The Hall–Kier alpha value is -1.21. The van der Waals surface area contributed by atoms with Gasteiger partial charge < -0.3 is 16.5 Å². The van der Waals surface area contributed by atoms with Gasteiger partial charge in [-0.3, -0.25) is 0 Å². The predicted molar refractivity (Wildman–Crippen MR) is 77.4 cm³/mol. The van der Waals surface area contributed by atoms with Crippen molar-refractivity contribution in [1.29, 1.82) is 0 Å². The lowest BCUT2D eigenvalue weighted by Gasteiger charge is -2.31. The SMILES string of the molecule is CSC1CCCCC1Nc1cc(NN)nc(N)n1. The van der Waals surface area contributed by atoms with E-state index in [0.29, 0.717) is 17.1 Å². The number of anilines is 3. The molecule has 1 fully saturated rings. The number of nitrogen functional groups attached to an aromatic ring is 2. The molecule has 7 heteroatoms. The van der Waals surface area contributed by atoms with Crippen LogP contribution in [-0.4, -0.2) is 27.5 Å². The summed E-state index contributed by atoms with van der Waals surface area (Å²) in [5.41, 5.74) is 8.14. The second kappa shape index (κ2) is 6.10. The molecule has 1 aromatic rings. The number of hydrogen-bond acceptors (Lipinski definition) is 7. The second-order valence-electron chi connectivity index (χ2n) is 4.45. The summed E-state index contributed by atoms with van der Waals surface area (Å²) in [5.74, 6) is 6.84. The van der Waals surface area contributed by atoms with E-state index in [1.165, 1.54) is 25.7 Å². The van der Waals surface area contributed by atoms with Crippen molar-refractivity contribution in [3.05, 3.63) is 6.07 Å². The average molecular weight is 268 g/mol. The van der Waals surface area contributed by atoms with Gasteiger partial charge in [0.05, 0.1) is 0 Å². The van der Waals surface area contributed by atoms with Crippen LogP contribution >= 0.6 is 11.8 Å². The summed E-state index contributed by atoms with van der Waals surface area (Å²) in [7, 11) is 0. The van der Waals surface area contributed by atoms with Crippen molar-refractivity contribution in [2.24, 2.45) is 5.84 Å². The maximum Gasteiger partial charge on any atom is 0.223 e. The average Bonchev–Trinajstić information content (AvgIpc) is 2.38. The molecule has 18 heavy (non-hydrogen) atoms. The maximum absolute atomic E-state index is 5.64. The number of hydrazine groups is 1. The quantitative estimate of drug-likeness (QED) is 0.484. The molecule has 1 aliphatic carbocycles. The first-order valence-corrected chi connectivity index (χ1v) is 7.42. The molecule has 6 N–H and O–H groups in total. The summed E-state index contributed by atoms with van der Waals surface area (Å²) >= 11 is 1.91. The Morgan fingerprint density at radius 1 is 1.28 bits per heavy atom. The summed E-state index contributed by atoms with van der Waals surface area (Å²) in [4.78, 5) is 8.17. The summed E-state index contributed by atoms with van der Waals surface area (Å²) in [6.45, 7) is 0. The Labute approximate surface area is 111 Å². The predicted octanol–water partition coefficient (Wildman–Crippen LogP) is 1.43. The molecular weight excluding hydrogens is 248 g/mol. The van der Waals surface area contributed by atoms with Gasteiger partial charge >= 0.3 is 0 Å². The van der Waals surface area contributed by atoms with Crippen LogP contribution in [0.5, 0.6) is 0 Å². The third-order valence-electron chi connectivity index (χ3n) is 3.23. The van der Waals surface area contributed by atoms with E-state index in [-0.39, 0.29) is 5.95 Å². The number of thioether (sulfide) groups is 1. The first-order chi connectivity index (χ1) is 8.72. The highest BCUT2D eigenvalue weighted by Gasteiger charge is 2.24. The van der Waals surface area contributed by atoms with Crippen LogP contribution in [0.25, 0.3) is 0 Å². The Bertz CT molecular complexity index is 399. The van der Waals surface area contributed by atoms with Gasteiger partial charge in [0.2, 0.25) is 5.95 Å². The Kier molecular flexibility index (Phi) is 4.48. The summed E-state index contributed by atoms with van der Waals surface area (Å²) in [6, 6.07) is 2.22. The number of rotatable bonds is 4. The van der Waals surface area contributed by atoms with Crippen LogP contribution in [-0.2, 0) is 0 Å². The number of nitrogens with one attached hydrogen (secondary N) is 2. The lowest BCUT2D eigenvalue weighted by Crippen LogP contribution is -2.34. The van der Waals surface area contributed by atoms with Crippen LogP contribution in [0.1, 0.15) is 25.7 Å². The summed E-state index contributed by atoms with van der Waals surface area (Å²) in [5, 5.41) is 4.08. The highest BCUT2D eigenvalue weighted by Crippen LogP contribution is 2.29. The topological polar surface area (TPSA) is 102 Å². The number of hydrogen-bond donors (Lipinski definition) is 4. The number of nitrogens with zero attached hydrogens (tertiary/aromatic N) is 2. The Morgan fingerprint density at radius 2 is 2.00 bits per heavy atom. The van der Waals surface area contributed by atoms with E-state index in [9.17, 15) is 0 Å². The number of nitrogens with two attached hydrogens (primary N) is 2. The molecule has 0 aromatic carbocycles. The molecule has 0 aliphatic heterocycles. The second-order valence-corrected chi connectivity index (χ2v) is 5.53. The van der Waals surface area contributed by atoms with Crippen LogP contribution in [0, 0.1) is 0 Å². The van der Waals surface area contributed by atoms with Gasteiger partial charge in [-0.2, -0.15) is 21.7 Å². The molecule has 0 saturated heterocycles. The van der Waals surface area contributed by atoms with E-state index < -0.39 is 0 Å². The maximum atomic E-state index is 5.64. The summed E-state index contributed by atoms with van der Waals surface area (Å²) < 4.78 is 0. The molecule has 2 rings (SSSR count). The highest BCUT2D eigenvalue weighted by atomic mass is 32.2. The first-order valence-electron chi connectivity index (χ1n) is 6.13. The van der Waals surface area contributed by atoms with Crippen molar-refractivity contribution in [2.75, 3.05) is 22.7 Å². The third-order valence-corrected chi connectivity index (χ3v) is 4.40. The minimum absolute atomic E-state index is 0.226. The van der Waals surface area contributed by atoms with Crippen molar-refractivity contribution in [3.63, 3.8) is 0 Å². The van der Waals surface area contributed by atoms with Crippen molar-refractivity contribution in [2.45, 2.75) is 37.0 Å². The van der Waals surface area contributed by atoms with Gasteiger partial charge in [0.1, 0.15) is 11.6 Å². The Balaban J connectivity index is 2.09.